The van der Waals surface area contributed by atoms with Gasteiger partial charge < -0.3 is 9.47 Å². The van der Waals surface area contributed by atoms with E-state index < -0.39 is 0 Å². The Morgan fingerprint density at radius 1 is 1.64 bits per heavy atom. The summed E-state index contributed by atoms with van der Waals surface area (Å²) >= 11 is 0. The molecule has 0 aromatic heterocycles. The highest BCUT2D eigenvalue weighted by molar-refractivity contribution is 5.77. The van der Waals surface area contributed by atoms with E-state index in [4.69, 9.17) is 14.9 Å². The average molecular weight is 157 g/mol. The standard InChI is InChI=1S/C8H15NO2/c1-3-10-8(9)7-5-4-6(2)11-7/h6-7,9H,3-5H2,1-2H3. The molecule has 0 radical (unpaired) electrons. The highest BCUT2D eigenvalue weighted by Crippen LogP contribution is 2.19. The van der Waals surface area contributed by atoms with Crippen LogP contribution in [0.25, 0.3) is 0 Å². The van der Waals surface area contributed by atoms with Crippen LogP contribution in [0.2, 0.25) is 0 Å². The normalized spacial score (nSPS) is 30.4. The first-order valence-electron chi connectivity index (χ1n) is 4.10. The van der Waals surface area contributed by atoms with Crippen molar-refractivity contribution in [1.82, 2.24) is 0 Å². The van der Waals surface area contributed by atoms with E-state index in [9.17, 15) is 0 Å². The highest BCUT2D eigenvalue weighted by Gasteiger charge is 2.26. The lowest BCUT2D eigenvalue weighted by atomic mass is 10.2. The molecule has 3 nitrogen and oxygen atoms in total. The van der Waals surface area contributed by atoms with E-state index in [0.29, 0.717) is 12.7 Å². The second-order valence-corrected chi connectivity index (χ2v) is 2.81. The van der Waals surface area contributed by atoms with Gasteiger partial charge in [-0.1, -0.05) is 0 Å². The van der Waals surface area contributed by atoms with Gasteiger partial charge in [0, 0.05) is 0 Å². The van der Waals surface area contributed by atoms with Gasteiger partial charge in [0.15, 0.2) is 0 Å². The summed E-state index contributed by atoms with van der Waals surface area (Å²) in [5.41, 5.74) is 0. The molecule has 0 amide bonds. The summed E-state index contributed by atoms with van der Waals surface area (Å²) in [6, 6.07) is 0. The molecule has 1 heterocycles. The molecule has 2 atom stereocenters. The fraction of sp³-hybridized carbons (Fsp3) is 0.875. The van der Waals surface area contributed by atoms with E-state index in [1.54, 1.807) is 0 Å². The van der Waals surface area contributed by atoms with Crippen LogP contribution in [0.1, 0.15) is 26.7 Å². The summed E-state index contributed by atoms with van der Waals surface area (Å²) in [5, 5.41) is 7.43. The molecule has 0 saturated carbocycles. The lowest BCUT2D eigenvalue weighted by Gasteiger charge is -2.11. The van der Waals surface area contributed by atoms with Crippen molar-refractivity contribution in [3.8, 4) is 0 Å². The molecule has 64 valence electrons. The molecule has 0 bridgehead atoms. The molecule has 1 saturated heterocycles. The minimum absolute atomic E-state index is 0.0788. The van der Waals surface area contributed by atoms with Crippen LogP contribution < -0.4 is 0 Å². The maximum atomic E-state index is 7.43. The van der Waals surface area contributed by atoms with E-state index in [2.05, 4.69) is 0 Å². The molecule has 0 aromatic rings. The fourth-order valence-corrected chi connectivity index (χ4v) is 1.24. The van der Waals surface area contributed by atoms with Gasteiger partial charge in [0.05, 0.1) is 12.7 Å². The van der Waals surface area contributed by atoms with E-state index in [1.165, 1.54) is 0 Å². The molecule has 0 aliphatic carbocycles. The molecule has 0 spiro atoms. The molecule has 3 heteroatoms. The maximum absolute atomic E-state index is 7.43. The zero-order valence-corrected chi connectivity index (χ0v) is 7.09. The fourth-order valence-electron chi connectivity index (χ4n) is 1.24. The summed E-state index contributed by atoms with van der Waals surface area (Å²) < 4.78 is 10.5. The van der Waals surface area contributed by atoms with Gasteiger partial charge in [-0.15, -0.1) is 0 Å². The number of nitrogens with one attached hydrogen (secondary N) is 1. The highest BCUT2D eigenvalue weighted by atomic mass is 16.5. The van der Waals surface area contributed by atoms with E-state index >= 15 is 0 Å². The Labute approximate surface area is 67.2 Å². The van der Waals surface area contributed by atoms with Crippen molar-refractivity contribution in [3.63, 3.8) is 0 Å². The van der Waals surface area contributed by atoms with E-state index in [-0.39, 0.29) is 12.0 Å². The van der Waals surface area contributed by atoms with Crippen LogP contribution in [0, 0.1) is 5.41 Å². The van der Waals surface area contributed by atoms with Crippen molar-refractivity contribution in [2.45, 2.75) is 38.9 Å². The van der Waals surface area contributed by atoms with Gasteiger partial charge in [-0.2, -0.15) is 0 Å². The Morgan fingerprint density at radius 3 is 2.82 bits per heavy atom. The molecule has 2 unspecified atom stereocenters. The van der Waals surface area contributed by atoms with Crippen LogP contribution in [0.4, 0.5) is 0 Å². The van der Waals surface area contributed by atoms with Gasteiger partial charge in [-0.3, -0.25) is 5.41 Å². The molecular formula is C8H15NO2. The second kappa shape index (κ2) is 3.72. The van der Waals surface area contributed by atoms with Crippen molar-refractivity contribution in [2.24, 2.45) is 0 Å². The van der Waals surface area contributed by atoms with Crippen LogP contribution in [-0.2, 0) is 9.47 Å². The first kappa shape index (κ1) is 8.53. The number of rotatable bonds is 2. The Bertz CT molecular complexity index is 147. The molecule has 1 rings (SSSR count). The lowest BCUT2D eigenvalue weighted by Crippen LogP contribution is -2.22. The van der Waals surface area contributed by atoms with Crippen molar-refractivity contribution in [1.29, 1.82) is 5.41 Å². The van der Waals surface area contributed by atoms with Crippen LogP contribution in [-0.4, -0.2) is 24.7 Å². The molecule has 0 aromatic carbocycles. The Morgan fingerprint density at radius 2 is 2.36 bits per heavy atom. The lowest BCUT2D eigenvalue weighted by molar-refractivity contribution is 0.0768. The minimum Gasteiger partial charge on any atom is -0.480 e. The molecule has 1 fully saturated rings. The molecule has 1 aliphatic rings. The Kier molecular flexibility index (Phi) is 2.88. The summed E-state index contributed by atoms with van der Waals surface area (Å²) in [7, 11) is 0. The van der Waals surface area contributed by atoms with Gasteiger partial charge in [-0.25, -0.2) is 0 Å². The number of ether oxygens (including phenoxy) is 2. The SMILES string of the molecule is CCOC(=N)C1CCC(C)O1. The summed E-state index contributed by atoms with van der Waals surface area (Å²) in [6.07, 6.45) is 2.19. The third-order valence-electron chi connectivity index (χ3n) is 1.82. The zero-order chi connectivity index (χ0) is 8.27. The summed E-state index contributed by atoms with van der Waals surface area (Å²) in [6.45, 7) is 4.47. The Hall–Kier alpha value is -0.570. The smallest absolute Gasteiger partial charge is 0.210 e. The van der Waals surface area contributed by atoms with Gasteiger partial charge in [0.2, 0.25) is 5.90 Å². The Balaban J connectivity index is 2.31. The van der Waals surface area contributed by atoms with Gasteiger partial charge in [0.25, 0.3) is 0 Å². The maximum Gasteiger partial charge on any atom is 0.210 e. The van der Waals surface area contributed by atoms with E-state index in [1.807, 2.05) is 13.8 Å². The van der Waals surface area contributed by atoms with Crippen molar-refractivity contribution >= 4 is 5.90 Å². The van der Waals surface area contributed by atoms with Crippen LogP contribution in [0.5, 0.6) is 0 Å². The monoisotopic (exact) mass is 157 g/mol. The summed E-state index contributed by atoms with van der Waals surface area (Å²) in [4.78, 5) is 0. The van der Waals surface area contributed by atoms with Gasteiger partial charge >= 0.3 is 0 Å². The van der Waals surface area contributed by atoms with Crippen molar-refractivity contribution in [3.05, 3.63) is 0 Å². The second-order valence-electron chi connectivity index (χ2n) is 2.81. The molecule has 1 aliphatic heterocycles. The predicted molar refractivity (Wildman–Crippen MR) is 42.9 cm³/mol. The van der Waals surface area contributed by atoms with Crippen LogP contribution in [0.3, 0.4) is 0 Å². The first-order valence-corrected chi connectivity index (χ1v) is 4.10. The quantitative estimate of drug-likeness (QED) is 0.488. The van der Waals surface area contributed by atoms with Crippen LogP contribution in [0.15, 0.2) is 0 Å². The number of hydrogen-bond acceptors (Lipinski definition) is 3. The predicted octanol–water partition coefficient (Wildman–Crippen LogP) is 1.57. The average Bonchev–Trinajstić information content (AvgIpc) is 2.36. The minimum atomic E-state index is -0.0788. The number of hydrogen-bond donors (Lipinski definition) is 1. The van der Waals surface area contributed by atoms with Gasteiger partial charge in [0.1, 0.15) is 6.10 Å². The third-order valence-corrected chi connectivity index (χ3v) is 1.82. The van der Waals surface area contributed by atoms with E-state index in [0.717, 1.165) is 12.8 Å². The van der Waals surface area contributed by atoms with Crippen LogP contribution >= 0.6 is 0 Å². The topological polar surface area (TPSA) is 42.3 Å². The van der Waals surface area contributed by atoms with Crippen molar-refractivity contribution < 1.29 is 9.47 Å². The summed E-state index contributed by atoms with van der Waals surface area (Å²) in [5.74, 6) is 0.289. The molecule has 1 N–H and O–H groups in total. The largest absolute Gasteiger partial charge is 0.480 e. The van der Waals surface area contributed by atoms with Crippen molar-refractivity contribution in [2.75, 3.05) is 6.61 Å². The molecule has 11 heavy (non-hydrogen) atoms. The zero-order valence-electron chi connectivity index (χ0n) is 7.09. The first-order chi connectivity index (χ1) is 5.24. The van der Waals surface area contributed by atoms with Gasteiger partial charge in [-0.05, 0) is 26.7 Å². The molecular weight excluding hydrogens is 142 g/mol. The third kappa shape index (κ3) is 2.19.